The molecule has 94 valence electrons. The topological polar surface area (TPSA) is 46.3 Å². The van der Waals surface area contributed by atoms with Crippen LogP contribution in [0.1, 0.15) is 29.4 Å². The van der Waals surface area contributed by atoms with Gasteiger partial charge in [0.1, 0.15) is 4.88 Å². The summed E-state index contributed by atoms with van der Waals surface area (Å²) in [6, 6.07) is 2.09. The molecule has 1 amide bonds. The van der Waals surface area contributed by atoms with Crippen molar-refractivity contribution in [3.8, 4) is 0 Å². The van der Waals surface area contributed by atoms with Gasteiger partial charge in [0, 0.05) is 23.6 Å². The summed E-state index contributed by atoms with van der Waals surface area (Å²) in [5.74, 6) is 0.573. The van der Waals surface area contributed by atoms with Gasteiger partial charge in [0.05, 0.1) is 0 Å². The number of thiophene rings is 1. The first-order chi connectivity index (χ1) is 8.09. The standard InChI is InChI=1S/C12H17BrN2OS/c1-8(14)9-3-2-5-15(7-9)12(16)11-10(13)4-6-17-11/h4,6,8-9H,2-3,5,7,14H2,1H3/t8-,9+/m0/s1. The van der Waals surface area contributed by atoms with Gasteiger partial charge in [0.25, 0.3) is 5.91 Å². The molecule has 1 aliphatic heterocycles. The van der Waals surface area contributed by atoms with Crippen LogP contribution in [0.25, 0.3) is 0 Å². The highest BCUT2D eigenvalue weighted by Crippen LogP contribution is 2.27. The molecule has 17 heavy (non-hydrogen) atoms. The van der Waals surface area contributed by atoms with E-state index in [9.17, 15) is 4.79 Å². The van der Waals surface area contributed by atoms with E-state index >= 15 is 0 Å². The van der Waals surface area contributed by atoms with Crippen molar-refractivity contribution in [2.75, 3.05) is 13.1 Å². The van der Waals surface area contributed by atoms with Gasteiger partial charge in [-0.15, -0.1) is 11.3 Å². The number of amides is 1. The molecule has 5 heteroatoms. The summed E-state index contributed by atoms with van der Waals surface area (Å²) in [7, 11) is 0. The number of carbonyl (C=O) groups excluding carboxylic acids is 1. The Morgan fingerprint density at radius 2 is 2.47 bits per heavy atom. The zero-order valence-corrected chi connectivity index (χ0v) is 12.3. The molecule has 1 aromatic heterocycles. The predicted molar refractivity (Wildman–Crippen MR) is 74.3 cm³/mol. The molecular weight excluding hydrogens is 300 g/mol. The minimum absolute atomic E-state index is 0.136. The zero-order valence-electron chi connectivity index (χ0n) is 9.86. The van der Waals surface area contributed by atoms with Gasteiger partial charge in [0.15, 0.2) is 0 Å². The monoisotopic (exact) mass is 316 g/mol. The summed E-state index contributed by atoms with van der Waals surface area (Å²) in [5, 5.41) is 1.93. The maximum absolute atomic E-state index is 12.3. The van der Waals surface area contributed by atoms with Gasteiger partial charge in [0.2, 0.25) is 0 Å². The molecule has 2 atom stereocenters. The quantitative estimate of drug-likeness (QED) is 0.911. The minimum atomic E-state index is 0.136. The van der Waals surface area contributed by atoms with Crippen LogP contribution in [0.2, 0.25) is 0 Å². The maximum atomic E-state index is 12.3. The second-order valence-electron chi connectivity index (χ2n) is 4.61. The molecule has 1 aromatic rings. The van der Waals surface area contributed by atoms with Gasteiger partial charge in [-0.05, 0) is 53.1 Å². The van der Waals surface area contributed by atoms with Crippen molar-refractivity contribution < 1.29 is 4.79 Å². The van der Waals surface area contributed by atoms with Crippen molar-refractivity contribution in [3.63, 3.8) is 0 Å². The highest BCUT2D eigenvalue weighted by molar-refractivity contribution is 9.10. The van der Waals surface area contributed by atoms with Crippen molar-refractivity contribution in [1.29, 1.82) is 0 Å². The molecule has 0 spiro atoms. The van der Waals surface area contributed by atoms with E-state index in [4.69, 9.17) is 5.73 Å². The van der Waals surface area contributed by atoms with Crippen molar-refractivity contribution in [3.05, 3.63) is 20.8 Å². The number of likely N-dealkylation sites (tertiary alicyclic amines) is 1. The largest absolute Gasteiger partial charge is 0.338 e. The third kappa shape index (κ3) is 2.89. The molecule has 2 N–H and O–H groups in total. The third-order valence-electron chi connectivity index (χ3n) is 3.30. The smallest absolute Gasteiger partial charge is 0.265 e. The van der Waals surface area contributed by atoms with Crippen LogP contribution in [0.3, 0.4) is 0 Å². The first-order valence-corrected chi connectivity index (χ1v) is 7.54. The van der Waals surface area contributed by atoms with E-state index in [1.807, 2.05) is 23.3 Å². The first kappa shape index (κ1) is 13.1. The van der Waals surface area contributed by atoms with Crippen LogP contribution in [0.15, 0.2) is 15.9 Å². The Morgan fingerprint density at radius 1 is 1.71 bits per heavy atom. The summed E-state index contributed by atoms with van der Waals surface area (Å²) in [5.41, 5.74) is 5.93. The highest BCUT2D eigenvalue weighted by atomic mass is 79.9. The second-order valence-corrected chi connectivity index (χ2v) is 6.38. The summed E-state index contributed by atoms with van der Waals surface area (Å²) < 4.78 is 0.899. The van der Waals surface area contributed by atoms with Crippen LogP contribution in [-0.2, 0) is 0 Å². The number of halogens is 1. The number of nitrogens with zero attached hydrogens (tertiary/aromatic N) is 1. The van der Waals surface area contributed by atoms with Crippen molar-refractivity contribution in [2.45, 2.75) is 25.8 Å². The lowest BCUT2D eigenvalue weighted by Gasteiger charge is -2.34. The average Bonchev–Trinajstić information content (AvgIpc) is 2.74. The Morgan fingerprint density at radius 3 is 3.06 bits per heavy atom. The fraction of sp³-hybridized carbons (Fsp3) is 0.583. The van der Waals surface area contributed by atoms with Gasteiger partial charge < -0.3 is 10.6 Å². The van der Waals surface area contributed by atoms with Gasteiger partial charge in [-0.2, -0.15) is 0 Å². The molecule has 2 rings (SSSR count). The summed E-state index contributed by atoms with van der Waals surface area (Å²) in [6.07, 6.45) is 2.19. The van der Waals surface area contributed by atoms with E-state index < -0.39 is 0 Å². The highest BCUT2D eigenvalue weighted by Gasteiger charge is 2.27. The predicted octanol–water partition coefficient (Wildman–Crippen LogP) is 2.71. The van der Waals surface area contributed by atoms with Gasteiger partial charge >= 0.3 is 0 Å². The number of hydrogen-bond donors (Lipinski definition) is 1. The van der Waals surface area contributed by atoms with Crippen LogP contribution >= 0.6 is 27.3 Å². The van der Waals surface area contributed by atoms with Crippen LogP contribution in [0.4, 0.5) is 0 Å². The van der Waals surface area contributed by atoms with Gasteiger partial charge in [-0.3, -0.25) is 4.79 Å². The Balaban J connectivity index is 2.07. The lowest BCUT2D eigenvalue weighted by molar-refractivity contribution is 0.0665. The van der Waals surface area contributed by atoms with E-state index in [0.717, 1.165) is 35.3 Å². The molecule has 0 unspecified atom stereocenters. The maximum Gasteiger partial charge on any atom is 0.265 e. The molecular formula is C12H17BrN2OS. The first-order valence-electron chi connectivity index (χ1n) is 5.87. The normalized spacial score (nSPS) is 22.5. The number of rotatable bonds is 2. The third-order valence-corrected chi connectivity index (χ3v) is 5.13. The van der Waals surface area contributed by atoms with Crippen molar-refractivity contribution >= 4 is 33.2 Å². The number of piperidine rings is 1. The molecule has 0 aromatic carbocycles. The van der Waals surface area contributed by atoms with Crippen LogP contribution in [0.5, 0.6) is 0 Å². The van der Waals surface area contributed by atoms with Crippen LogP contribution < -0.4 is 5.73 Å². The lowest BCUT2D eigenvalue weighted by atomic mass is 9.92. The Hall–Kier alpha value is -0.390. The molecule has 0 bridgehead atoms. The molecule has 1 aliphatic rings. The van der Waals surface area contributed by atoms with E-state index in [-0.39, 0.29) is 11.9 Å². The SMILES string of the molecule is C[C@H](N)[C@@H]1CCCN(C(=O)c2sccc2Br)C1. The molecule has 3 nitrogen and oxygen atoms in total. The van der Waals surface area contributed by atoms with Crippen molar-refractivity contribution in [1.82, 2.24) is 4.90 Å². The number of hydrogen-bond acceptors (Lipinski definition) is 3. The summed E-state index contributed by atoms with van der Waals surface area (Å²) in [4.78, 5) is 15.1. The Bertz CT molecular complexity index is 405. The minimum Gasteiger partial charge on any atom is -0.338 e. The fourth-order valence-corrected chi connectivity index (χ4v) is 3.72. The van der Waals surface area contributed by atoms with Crippen molar-refractivity contribution in [2.24, 2.45) is 11.7 Å². The lowest BCUT2D eigenvalue weighted by Crippen LogP contribution is -2.44. The summed E-state index contributed by atoms with van der Waals surface area (Å²) >= 11 is 4.91. The number of carbonyl (C=O) groups is 1. The van der Waals surface area contributed by atoms with Gasteiger partial charge in [-0.1, -0.05) is 0 Å². The fourth-order valence-electron chi connectivity index (χ4n) is 2.21. The molecule has 0 saturated carbocycles. The molecule has 0 aliphatic carbocycles. The van der Waals surface area contributed by atoms with E-state index in [2.05, 4.69) is 15.9 Å². The van der Waals surface area contributed by atoms with Crippen LogP contribution in [0, 0.1) is 5.92 Å². The molecule has 1 fully saturated rings. The Kier molecular flexibility index (Phi) is 4.22. The number of nitrogens with two attached hydrogens (primary N) is 1. The molecule has 2 heterocycles. The molecule has 1 saturated heterocycles. The average molecular weight is 317 g/mol. The second kappa shape index (κ2) is 5.50. The van der Waals surface area contributed by atoms with E-state index in [0.29, 0.717) is 5.92 Å². The van der Waals surface area contributed by atoms with Gasteiger partial charge in [-0.25, -0.2) is 0 Å². The van der Waals surface area contributed by atoms with E-state index in [1.54, 1.807) is 0 Å². The zero-order chi connectivity index (χ0) is 12.4. The molecule has 0 radical (unpaired) electrons. The van der Waals surface area contributed by atoms with Crippen LogP contribution in [-0.4, -0.2) is 29.9 Å². The van der Waals surface area contributed by atoms with E-state index in [1.165, 1.54) is 11.3 Å². The summed E-state index contributed by atoms with van der Waals surface area (Å²) in [6.45, 7) is 3.67. The Labute approximate surface area is 114 Å².